The number of Topliss-reactive ketones (excluding diaryl/α,β-unsaturated/α-hetero) is 1. The Morgan fingerprint density at radius 3 is 2.38 bits per heavy atom. The predicted molar refractivity (Wildman–Crippen MR) is 89.2 cm³/mol. The van der Waals surface area contributed by atoms with Crippen LogP contribution in [0.1, 0.15) is 37.0 Å². The van der Waals surface area contributed by atoms with E-state index in [1.807, 2.05) is 0 Å². The number of hydrogen-bond acceptors (Lipinski definition) is 7. The van der Waals surface area contributed by atoms with E-state index < -0.39 is 22.0 Å². The minimum atomic E-state index is -3.69. The Morgan fingerprint density at radius 2 is 1.83 bits per heavy atom. The van der Waals surface area contributed by atoms with Gasteiger partial charge in [-0.05, 0) is 26.7 Å². The molecule has 24 heavy (non-hydrogen) atoms. The first kappa shape index (κ1) is 19.8. The maximum absolute atomic E-state index is 12.5. The highest BCUT2D eigenvalue weighted by molar-refractivity contribution is 7.85. The van der Waals surface area contributed by atoms with Crippen LogP contribution in [-0.2, 0) is 23.9 Å². The number of carbonyl (C=O) groups is 2. The summed E-state index contributed by atoms with van der Waals surface area (Å²) in [6, 6.07) is 8.45. The van der Waals surface area contributed by atoms with Crippen molar-refractivity contribution < 1.29 is 27.0 Å². The van der Waals surface area contributed by atoms with Crippen LogP contribution in [0.5, 0.6) is 0 Å². The quantitative estimate of drug-likeness (QED) is 0.221. The Balaban J connectivity index is 2.84. The van der Waals surface area contributed by atoms with Crippen molar-refractivity contribution in [3.8, 4) is 0 Å². The number of ether oxygens (including phenoxy) is 1. The number of hydrogen-bond donors (Lipinski definition) is 0. The Morgan fingerprint density at radius 1 is 1.21 bits per heavy atom. The van der Waals surface area contributed by atoms with Crippen LogP contribution < -0.4 is 0 Å². The van der Waals surface area contributed by atoms with Crippen LogP contribution in [0.2, 0.25) is 0 Å². The van der Waals surface area contributed by atoms with Crippen molar-refractivity contribution >= 4 is 27.6 Å². The van der Waals surface area contributed by atoms with E-state index in [0.717, 1.165) is 6.26 Å². The van der Waals surface area contributed by atoms with E-state index >= 15 is 0 Å². The first-order valence-corrected chi connectivity index (χ1v) is 9.24. The molecular weight excluding hydrogens is 334 g/mol. The van der Waals surface area contributed by atoms with Gasteiger partial charge in [0.25, 0.3) is 0 Å². The van der Waals surface area contributed by atoms with Crippen molar-refractivity contribution in [3.05, 3.63) is 35.9 Å². The Bertz CT molecular complexity index is 697. The molecule has 7 nitrogen and oxygen atoms in total. The molecule has 1 aromatic rings. The fourth-order valence-corrected chi connectivity index (χ4v) is 2.20. The first-order valence-electron chi connectivity index (χ1n) is 7.42. The molecule has 0 aromatic heterocycles. The molecule has 0 fully saturated rings. The third-order valence-corrected chi connectivity index (χ3v) is 3.41. The summed E-state index contributed by atoms with van der Waals surface area (Å²) in [5.74, 6) is -1.93. The average Bonchev–Trinajstić information content (AvgIpc) is 2.53. The van der Waals surface area contributed by atoms with Gasteiger partial charge in [-0.25, -0.2) is 0 Å². The van der Waals surface area contributed by atoms with E-state index in [1.165, 1.54) is 0 Å². The maximum atomic E-state index is 12.5. The van der Waals surface area contributed by atoms with Crippen LogP contribution >= 0.6 is 0 Å². The van der Waals surface area contributed by atoms with Crippen molar-refractivity contribution in [2.45, 2.75) is 26.7 Å². The molecule has 0 spiro atoms. The number of oxime groups is 1. The van der Waals surface area contributed by atoms with Gasteiger partial charge in [-0.2, -0.15) is 8.42 Å². The Hall–Kier alpha value is -2.22. The van der Waals surface area contributed by atoms with E-state index in [1.54, 1.807) is 44.2 Å². The summed E-state index contributed by atoms with van der Waals surface area (Å²) in [5, 5.41) is 3.47. The van der Waals surface area contributed by atoms with E-state index in [9.17, 15) is 18.0 Å². The van der Waals surface area contributed by atoms with E-state index in [4.69, 9.17) is 4.74 Å². The zero-order valence-electron chi connectivity index (χ0n) is 13.9. The molecule has 1 aromatic carbocycles. The minimum Gasteiger partial charge on any atom is -0.465 e. The fourth-order valence-electron chi connectivity index (χ4n) is 1.93. The molecule has 0 aliphatic heterocycles. The third-order valence-electron chi connectivity index (χ3n) is 3.07. The zero-order valence-corrected chi connectivity index (χ0v) is 14.7. The van der Waals surface area contributed by atoms with Gasteiger partial charge in [0.05, 0.1) is 18.6 Å². The lowest BCUT2D eigenvalue weighted by molar-refractivity contribution is -0.146. The van der Waals surface area contributed by atoms with Crippen molar-refractivity contribution in [2.24, 2.45) is 11.1 Å². The lowest BCUT2D eigenvalue weighted by Crippen LogP contribution is -2.27. The van der Waals surface area contributed by atoms with E-state index in [0.29, 0.717) is 11.3 Å². The fraction of sp³-hybridized carbons (Fsp3) is 0.438. The van der Waals surface area contributed by atoms with Gasteiger partial charge in [0.1, 0.15) is 5.92 Å². The summed E-state index contributed by atoms with van der Waals surface area (Å²) in [6.45, 7) is 3.39. The number of benzene rings is 1. The van der Waals surface area contributed by atoms with Crippen molar-refractivity contribution in [2.75, 3.05) is 12.9 Å². The summed E-state index contributed by atoms with van der Waals surface area (Å²) < 4.78 is 31.1. The van der Waals surface area contributed by atoms with Gasteiger partial charge in [-0.1, -0.05) is 35.5 Å². The van der Waals surface area contributed by atoms with Gasteiger partial charge >= 0.3 is 16.1 Å². The van der Waals surface area contributed by atoms with E-state index in [2.05, 4.69) is 9.44 Å². The summed E-state index contributed by atoms with van der Waals surface area (Å²) >= 11 is 0. The molecule has 0 saturated carbocycles. The molecule has 0 heterocycles. The molecular formula is C16H21NO6S. The average molecular weight is 355 g/mol. The molecule has 0 saturated heterocycles. The van der Waals surface area contributed by atoms with Gasteiger partial charge in [-0.15, -0.1) is 0 Å². The molecule has 0 amide bonds. The topological polar surface area (TPSA) is 99.1 Å². The maximum Gasteiger partial charge on any atom is 0.325 e. The monoisotopic (exact) mass is 355 g/mol. The smallest absolute Gasteiger partial charge is 0.325 e. The van der Waals surface area contributed by atoms with Crippen molar-refractivity contribution in [1.29, 1.82) is 0 Å². The van der Waals surface area contributed by atoms with E-state index in [-0.39, 0.29) is 25.2 Å². The Labute approximate surface area is 141 Å². The standard InChI is InChI=1S/C16H21NO6S/c1-4-22-16(19)14(15(18)13-8-6-5-7-9-13)11-10-12(2)17-23-24(3,20)21/h5-9,14H,4,10-11H2,1-3H3/b17-12+. The van der Waals surface area contributed by atoms with Gasteiger partial charge in [-0.3, -0.25) is 13.9 Å². The van der Waals surface area contributed by atoms with Gasteiger partial charge in [0, 0.05) is 5.56 Å². The molecule has 0 bridgehead atoms. The van der Waals surface area contributed by atoms with Crippen LogP contribution in [0.25, 0.3) is 0 Å². The normalized spacial score (nSPS) is 13.2. The van der Waals surface area contributed by atoms with Crippen LogP contribution in [0.3, 0.4) is 0 Å². The molecule has 1 unspecified atom stereocenters. The largest absolute Gasteiger partial charge is 0.465 e. The van der Waals surface area contributed by atoms with Gasteiger partial charge in [0.2, 0.25) is 0 Å². The zero-order chi connectivity index (χ0) is 18.2. The van der Waals surface area contributed by atoms with Crippen molar-refractivity contribution in [1.82, 2.24) is 0 Å². The number of nitrogens with zero attached hydrogens (tertiary/aromatic N) is 1. The highest BCUT2D eigenvalue weighted by Crippen LogP contribution is 2.17. The molecule has 1 rings (SSSR count). The summed E-state index contributed by atoms with van der Waals surface area (Å²) in [6.07, 6.45) is 1.25. The van der Waals surface area contributed by atoms with Crippen LogP contribution in [0.15, 0.2) is 35.5 Å². The van der Waals surface area contributed by atoms with Crippen LogP contribution in [-0.4, -0.2) is 38.7 Å². The lowest BCUT2D eigenvalue weighted by atomic mass is 9.92. The lowest BCUT2D eigenvalue weighted by Gasteiger charge is -2.14. The molecule has 1 atom stereocenters. The number of esters is 1. The minimum absolute atomic E-state index is 0.148. The number of carbonyl (C=O) groups excluding carboxylic acids is 2. The second kappa shape index (κ2) is 9.17. The highest BCUT2D eigenvalue weighted by atomic mass is 32.2. The van der Waals surface area contributed by atoms with Crippen LogP contribution in [0.4, 0.5) is 0 Å². The summed E-state index contributed by atoms with van der Waals surface area (Å²) in [5.41, 5.74) is 0.771. The second-order valence-corrected chi connectivity index (χ2v) is 6.74. The molecule has 8 heteroatoms. The number of ketones is 1. The molecule has 0 aliphatic carbocycles. The summed E-state index contributed by atoms with van der Waals surface area (Å²) in [7, 11) is -3.69. The Kier molecular flexibility index (Phi) is 7.57. The molecule has 0 aliphatic rings. The predicted octanol–water partition coefficient (Wildman–Crippen LogP) is 2.18. The van der Waals surface area contributed by atoms with Crippen molar-refractivity contribution in [3.63, 3.8) is 0 Å². The van der Waals surface area contributed by atoms with Gasteiger partial charge < -0.3 is 4.74 Å². The molecule has 0 radical (unpaired) electrons. The highest BCUT2D eigenvalue weighted by Gasteiger charge is 2.28. The summed E-state index contributed by atoms with van der Waals surface area (Å²) in [4.78, 5) is 24.6. The molecule has 0 N–H and O–H groups in total. The SMILES string of the molecule is CCOC(=O)C(CC/C(C)=N/OS(C)(=O)=O)C(=O)c1ccccc1. The van der Waals surface area contributed by atoms with Gasteiger partial charge in [0.15, 0.2) is 5.78 Å². The third kappa shape index (κ3) is 6.91. The first-order chi connectivity index (χ1) is 11.2. The second-order valence-electron chi connectivity index (χ2n) is 5.18. The number of rotatable bonds is 9. The molecule has 132 valence electrons. The van der Waals surface area contributed by atoms with Crippen LogP contribution in [0, 0.1) is 5.92 Å².